The van der Waals surface area contributed by atoms with Gasteiger partial charge in [0, 0.05) is 18.9 Å². The van der Waals surface area contributed by atoms with Gasteiger partial charge in [-0.3, -0.25) is 0 Å². The Morgan fingerprint density at radius 2 is 0.950 bits per heavy atom. The molecular weight excluding hydrogens is 242 g/mol. The van der Waals surface area contributed by atoms with E-state index in [4.69, 9.17) is 0 Å². The van der Waals surface area contributed by atoms with Crippen molar-refractivity contribution in [3.63, 3.8) is 0 Å². The summed E-state index contributed by atoms with van der Waals surface area (Å²) in [6.45, 7) is 3.49. The summed E-state index contributed by atoms with van der Waals surface area (Å²) in [6.07, 6.45) is 23.0. The monoisotopic (exact) mass is 277 g/mol. The molecule has 1 rings (SSSR count). The van der Waals surface area contributed by atoms with Crippen molar-refractivity contribution < 1.29 is 0 Å². The molecule has 0 saturated heterocycles. The number of rotatable bonds is 14. The van der Waals surface area contributed by atoms with Crippen molar-refractivity contribution in [2.24, 2.45) is 0 Å². The molecule has 1 nitrogen and oxygen atoms in total. The van der Waals surface area contributed by atoms with Gasteiger partial charge < -0.3 is 4.57 Å². The summed E-state index contributed by atoms with van der Waals surface area (Å²) in [5, 5.41) is 0. The summed E-state index contributed by atoms with van der Waals surface area (Å²) in [6, 6.07) is 4.23. The Balaban J connectivity index is 1.70. The van der Waals surface area contributed by atoms with Gasteiger partial charge in [-0.05, 0) is 18.6 Å². The first-order valence-corrected chi connectivity index (χ1v) is 9.04. The van der Waals surface area contributed by atoms with Crippen molar-refractivity contribution in [2.45, 2.75) is 96.9 Å². The zero-order valence-electron chi connectivity index (χ0n) is 13.7. The molecule has 0 atom stereocenters. The highest BCUT2D eigenvalue weighted by Crippen LogP contribution is 2.12. The van der Waals surface area contributed by atoms with Crippen LogP contribution in [-0.4, -0.2) is 4.57 Å². The third-order valence-corrected chi connectivity index (χ3v) is 4.19. The molecule has 0 radical (unpaired) electrons. The maximum atomic E-state index is 2.29. The fourth-order valence-corrected chi connectivity index (χ4v) is 2.83. The lowest BCUT2D eigenvalue weighted by Crippen LogP contribution is -1.93. The summed E-state index contributed by atoms with van der Waals surface area (Å²) in [7, 11) is 0. The molecule has 0 aliphatic rings. The lowest BCUT2D eigenvalue weighted by Gasteiger charge is -2.04. The van der Waals surface area contributed by atoms with Crippen LogP contribution < -0.4 is 0 Å². The molecule has 20 heavy (non-hydrogen) atoms. The smallest absolute Gasteiger partial charge is 0.0219 e. The lowest BCUT2D eigenvalue weighted by molar-refractivity contribution is 0.526. The second kappa shape index (κ2) is 13.3. The van der Waals surface area contributed by atoms with Crippen LogP contribution in [0.5, 0.6) is 0 Å². The van der Waals surface area contributed by atoms with E-state index in [0.717, 1.165) is 0 Å². The van der Waals surface area contributed by atoms with Gasteiger partial charge in [-0.1, -0.05) is 84.0 Å². The van der Waals surface area contributed by atoms with Gasteiger partial charge in [0.1, 0.15) is 0 Å². The van der Waals surface area contributed by atoms with Crippen LogP contribution in [0, 0.1) is 0 Å². The molecule has 0 unspecified atom stereocenters. The molecule has 1 heterocycles. The lowest BCUT2D eigenvalue weighted by atomic mass is 10.0. The Hall–Kier alpha value is -0.720. The number of aryl methyl sites for hydroxylation is 1. The fraction of sp³-hybridized carbons (Fsp3) is 0.789. The first-order chi connectivity index (χ1) is 9.93. The average molecular weight is 277 g/mol. The highest BCUT2D eigenvalue weighted by molar-refractivity contribution is 4.89. The highest BCUT2D eigenvalue weighted by Gasteiger charge is 1.94. The quantitative estimate of drug-likeness (QED) is 0.338. The van der Waals surface area contributed by atoms with E-state index in [1.165, 1.54) is 90.0 Å². The van der Waals surface area contributed by atoms with Gasteiger partial charge in [0.2, 0.25) is 0 Å². The topological polar surface area (TPSA) is 4.93 Å². The van der Waals surface area contributed by atoms with Crippen LogP contribution in [0.1, 0.15) is 90.4 Å². The molecule has 0 fully saturated rings. The highest BCUT2D eigenvalue weighted by atomic mass is 14.9. The van der Waals surface area contributed by atoms with Crippen molar-refractivity contribution >= 4 is 0 Å². The average Bonchev–Trinajstić information content (AvgIpc) is 2.97. The van der Waals surface area contributed by atoms with E-state index in [-0.39, 0.29) is 0 Å². The second-order valence-electron chi connectivity index (χ2n) is 6.16. The molecule has 0 aliphatic heterocycles. The molecule has 0 aliphatic carbocycles. The van der Waals surface area contributed by atoms with Crippen LogP contribution in [0.25, 0.3) is 0 Å². The zero-order chi connectivity index (χ0) is 14.3. The first-order valence-electron chi connectivity index (χ1n) is 9.04. The normalized spacial score (nSPS) is 11.1. The fourth-order valence-electron chi connectivity index (χ4n) is 2.83. The Bertz CT molecular complexity index is 276. The maximum absolute atomic E-state index is 2.29. The number of hydrogen-bond donors (Lipinski definition) is 0. The van der Waals surface area contributed by atoms with E-state index in [9.17, 15) is 0 Å². The van der Waals surface area contributed by atoms with Crippen molar-refractivity contribution in [3.05, 3.63) is 24.5 Å². The van der Waals surface area contributed by atoms with Gasteiger partial charge in [0.15, 0.2) is 0 Å². The molecule has 0 spiro atoms. The Labute approximate surface area is 126 Å². The molecule has 0 amide bonds. The van der Waals surface area contributed by atoms with E-state index >= 15 is 0 Å². The molecule has 0 saturated carbocycles. The summed E-state index contributed by atoms with van der Waals surface area (Å²) < 4.78 is 2.29. The van der Waals surface area contributed by atoms with Gasteiger partial charge >= 0.3 is 0 Å². The molecular formula is C19H35N. The predicted molar refractivity (Wildman–Crippen MR) is 90.1 cm³/mol. The summed E-state index contributed by atoms with van der Waals surface area (Å²) in [4.78, 5) is 0. The van der Waals surface area contributed by atoms with Gasteiger partial charge in [-0.15, -0.1) is 0 Å². The number of nitrogens with zero attached hydrogens (tertiary/aromatic N) is 1. The summed E-state index contributed by atoms with van der Waals surface area (Å²) >= 11 is 0. The molecule has 116 valence electrons. The van der Waals surface area contributed by atoms with Gasteiger partial charge in [-0.25, -0.2) is 0 Å². The van der Waals surface area contributed by atoms with E-state index < -0.39 is 0 Å². The maximum Gasteiger partial charge on any atom is 0.0219 e. The summed E-state index contributed by atoms with van der Waals surface area (Å²) in [5.74, 6) is 0. The predicted octanol–water partition coefficient (Wildman–Crippen LogP) is 6.58. The molecule has 1 aromatic heterocycles. The first kappa shape index (κ1) is 17.3. The SMILES string of the molecule is CCCCCCCCCCCCCCCn1cccc1. The van der Waals surface area contributed by atoms with E-state index in [0.29, 0.717) is 0 Å². The molecule has 0 N–H and O–H groups in total. The van der Waals surface area contributed by atoms with Crippen LogP contribution in [0.4, 0.5) is 0 Å². The van der Waals surface area contributed by atoms with Crippen LogP contribution in [-0.2, 0) is 6.54 Å². The van der Waals surface area contributed by atoms with Gasteiger partial charge in [0.25, 0.3) is 0 Å². The minimum atomic E-state index is 1.20. The van der Waals surface area contributed by atoms with Crippen molar-refractivity contribution in [1.82, 2.24) is 4.57 Å². The van der Waals surface area contributed by atoms with E-state index in [1.807, 2.05) is 0 Å². The third kappa shape index (κ3) is 10.1. The molecule has 1 aromatic rings. The van der Waals surface area contributed by atoms with Crippen molar-refractivity contribution in [3.8, 4) is 0 Å². The molecule has 0 aromatic carbocycles. The van der Waals surface area contributed by atoms with Crippen LogP contribution in [0.2, 0.25) is 0 Å². The van der Waals surface area contributed by atoms with E-state index in [1.54, 1.807) is 0 Å². The Morgan fingerprint density at radius 1 is 0.550 bits per heavy atom. The standard InChI is InChI=1S/C19H35N/c1-2-3-4-5-6-7-8-9-10-11-12-13-14-17-20-18-15-16-19-20/h15-16,18-19H,2-14,17H2,1H3. The number of aromatic nitrogens is 1. The summed E-state index contributed by atoms with van der Waals surface area (Å²) in [5.41, 5.74) is 0. The molecule has 1 heteroatoms. The zero-order valence-corrected chi connectivity index (χ0v) is 13.7. The number of hydrogen-bond acceptors (Lipinski definition) is 0. The molecule has 0 bridgehead atoms. The van der Waals surface area contributed by atoms with Gasteiger partial charge in [-0.2, -0.15) is 0 Å². The minimum Gasteiger partial charge on any atom is -0.354 e. The Kier molecular flexibility index (Phi) is 11.5. The van der Waals surface area contributed by atoms with Gasteiger partial charge in [0.05, 0.1) is 0 Å². The largest absolute Gasteiger partial charge is 0.354 e. The van der Waals surface area contributed by atoms with Crippen LogP contribution in [0.3, 0.4) is 0 Å². The third-order valence-electron chi connectivity index (χ3n) is 4.19. The Morgan fingerprint density at radius 3 is 1.40 bits per heavy atom. The minimum absolute atomic E-state index is 1.20. The van der Waals surface area contributed by atoms with E-state index in [2.05, 4.69) is 36.0 Å². The van der Waals surface area contributed by atoms with Crippen molar-refractivity contribution in [2.75, 3.05) is 0 Å². The number of unbranched alkanes of at least 4 members (excludes halogenated alkanes) is 12. The van der Waals surface area contributed by atoms with Crippen LogP contribution >= 0.6 is 0 Å². The second-order valence-corrected chi connectivity index (χ2v) is 6.16. The van der Waals surface area contributed by atoms with Crippen LogP contribution in [0.15, 0.2) is 24.5 Å². The van der Waals surface area contributed by atoms with Crippen molar-refractivity contribution in [1.29, 1.82) is 0 Å².